The molecule has 0 aromatic heterocycles. The van der Waals surface area contributed by atoms with Gasteiger partial charge in [-0.25, -0.2) is 0 Å². The van der Waals surface area contributed by atoms with Gasteiger partial charge in [-0.15, -0.1) is 0 Å². The molecular weight excluding hydrogens is 281 g/mol. The summed E-state index contributed by atoms with van der Waals surface area (Å²) in [7, 11) is 0. The molecule has 6 heteroatoms. The first-order valence-electron chi connectivity index (χ1n) is 6.91. The Morgan fingerprint density at radius 3 is 2.52 bits per heavy atom. The predicted octanol–water partition coefficient (Wildman–Crippen LogP) is 3.21. The summed E-state index contributed by atoms with van der Waals surface area (Å²) in [6.07, 6.45) is -3.77. The van der Waals surface area contributed by atoms with Gasteiger partial charge in [-0.3, -0.25) is 4.90 Å². The Balaban J connectivity index is 1.75. The van der Waals surface area contributed by atoms with Gasteiger partial charge in [0.15, 0.2) is 0 Å². The van der Waals surface area contributed by atoms with E-state index in [9.17, 15) is 13.2 Å². The third-order valence-electron chi connectivity index (χ3n) is 3.72. The first-order chi connectivity index (χ1) is 10.0. The van der Waals surface area contributed by atoms with Gasteiger partial charge in [0.25, 0.3) is 0 Å². The van der Waals surface area contributed by atoms with Gasteiger partial charge in [-0.05, 0) is 38.1 Å². The summed E-state index contributed by atoms with van der Waals surface area (Å²) in [5, 5.41) is 8.92. The molecule has 0 amide bonds. The first kappa shape index (κ1) is 15.6. The van der Waals surface area contributed by atoms with Crippen molar-refractivity contribution >= 4 is 0 Å². The minimum absolute atomic E-state index is 0.151. The van der Waals surface area contributed by atoms with Crippen LogP contribution >= 0.6 is 0 Å². The van der Waals surface area contributed by atoms with Crippen LogP contribution < -0.4 is 4.74 Å². The number of halogens is 3. The van der Waals surface area contributed by atoms with Crippen LogP contribution in [0.3, 0.4) is 0 Å². The average molecular weight is 298 g/mol. The first-order valence-corrected chi connectivity index (χ1v) is 6.91. The van der Waals surface area contributed by atoms with E-state index in [0.29, 0.717) is 37.6 Å². The molecule has 3 nitrogen and oxygen atoms in total. The van der Waals surface area contributed by atoms with E-state index < -0.39 is 12.1 Å². The van der Waals surface area contributed by atoms with Crippen LogP contribution in [0.4, 0.5) is 13.2 Å². The SMILES string of the molecule is N#Cc1ccccc1OCCN1CCC(C(F)(F)F)CC1. The van der Waals surface area contributed by atoms with Crippen molar-refractivity contribution in [2.75, 3.05) is 26.2 Å². The Hall–Kier alpha value is -1.74. The average Bonchev–Trinajstić information content (AvgIpc) is 2.47. The smallest absolute Gasteiger partial charge is 0.391 e. The number of para-hydroxylation sites is 1. The van der Waals surface area contributed by atoms with E-state index >= 15 is 0 Å². The number of hydrogen-bond acceptors (Lipinski definition) is 3. The number of alkyl halides is 3. The maximum atomic E-state index is 12.6. The van der Waals surface area contributed by atoms with Gasteiger partial charge in [-0.2, -0.15) is 18.4 Å². The van der Waals surface area contributed by atoms with Gasteiger partial charge >= 0.3 is 6.18 Å². The molecule has 1 saturated heterocycles. The Bertz CT molecular complexity index is 502. The van der Waals surface area contributed by atoms with Crippen LogP contribution in [0, 0.1) is 17.2 Å². The number of rotatable bonds is 4. The lowest BCUT2D eigenvalue weighted by Gasteiger charge is -2.32. The third kappa shape index (κ3) is 4.36. The van der Waals surface area contributed by atoms with E-state index in [2.05, 4.69) is 0 Å². The molecule has 1 aromatic rings. The lowest BCUT2D eigenvalue weighted by molar-refractivity contribution is -0.185. The lowest BCUT2D eigenvalue weighted by Crippen LogP contribution is -2.40. The number of nitriles is 1. The minimum atomic E-state index is -4.08. The summed E-state index contributed by atoms with van der Waals surface area (Å²) in [6.45, 7) is 1.82. The summed E-state index contributed by atoms with van der Waals surface area (Å²) in [4.78, 5) is 1.97. The molecule has 114 valence electrons. The molecule has 0 saturated carbocycles. The molecule has 1 aromatic carbocycles. The molecule has 0 unspecified atom stereocenters. The van der Waals surface area contributed by atoms with E-state index in [1.165, 1.54) is 0 Å². The van der Waals surface area contributed by atoms with Crippen molar-refractivity contribution in [1.29, 1.82) is 5.26 Å². The third-order valence-corrected chi connectivity index (χ3v) is 3.72. The fourth-order valence-corrected chi connectivity index (χ4v) is 2.45. The lowest BCUT2D eigenvalue weighted by atomic mass is 9.96. The standard InChI is InChI=1S/C15H17F3N2O/c16-15(17,18)13-5-7-20(8-6-13)9-10-21-14-4-2-1-3-12(14)11-19/h1-4,13H,5-10H2. The van der Waals surface area contributed by atoms with Gasteiger partial charge in [0, 0.05) is 6.54 Å². The summed E-state index contributed by atoms with van der Waals surface area (Å²) >= 11 is 0. The Labute approximate surface area is 121 Å². The van der Waals surface area contributed by atoms with Crippen molar-refractivity contribution in [3.63, 3.8) is 0 Å². The van der Waals surface area contributed by atoms with E-state index in [1.54, 1.807) is 24.3 Å². The van der Waals surface area contributed by atoms with Gasteiger partial charge in [0.05, 0.1) is 11.5 Å². The van der Waals surface area contributed by atoms with Crippen molar-refractivity contribution in [2.45, 2.75) is 19.0 Å². The highest BCUT2D eigenvalue weighted by Crippen LogP contribution is 2.33. The summed E-state index contributed by atoms with van der Waals surface area (Å²) < 4.78 is 43.2. The van der Waals surface area contributed by atoms with Crippen molar-refractivity contribution in [2.24, 2.45) is 5.92 Å². The van der Waals surface area contributed by atoms with Crippen LogP contribution in [-0.2, 0) is 0 Å². The highest BCUT2D eigenvalue weighted by molar-refractivity contribution is 5.42. The fraction of sp³-hybridized carbons (Fsp3) is 0.533. The normalized spacial score (nSPS) is 17.4. The van der Waals surface area contributed by atoms with Crippen LogP contribution in [0.15, 0.2) is 24.3 Å². The maximum Gasteiger partial charge on any atom is 0.391 e. The summed E-state index contributed by atoms with van der Waals surface area (Å²) in [6, 6.07) is 8.97. The van der Waals surface area contributed by atoms with Gasteiger partial charge in [-0.1, -0.05) is 12.1 Å². The molecule has 1 heterocycles. The molecule has 1 aliphatic rings. The Kier molecular flexibility index (Phi) is 5.07. The summed E-state index contributed by atoms with van der Waals surface area (Å²) in [5.74, 6) is -0.654. The van der Waals surface area contributed by atoms with Crippen LogP contribution in [0.2, 0.25) is 0 Å². The number of ether oxygens (including phenoxy) is 1. The van der Waals surface area contributed by atoms with Crippen LogP contribution in [0.5, 0.6) is 5.75 Å². The molecule has 0 bridgehead atoms. The molecule has 2 rings (SSSR count). The highest BCUT2D eigenvalue weighted by atomic mass is 19.4. The monoisotopic (exact) mass is 298 g/mol. The van der Waals surface area contributed by atoms with E-state index in [1.807, 2.05) is 11.0 Å². The van der Waals surface area contributed by atoms with E-state index in [4.69, 9.17) is 10.00 Å². The second-order valence-corrected chi connectivity index (χ2v) is 5.11. The van der Waals surface area contributed by atoms with Crippen LogP contribution in [-0.4, -0.2) is 37.3 Å². The largest absolute Gasteiger partial charge is 0.491 e. The van der Waals surface area contributed by atoms with Gasteiger partial charge in [0.2, 0.25) is 0 Å². The predicted molar refractivity (Wildman–Crippen MR) is 71.9 cm³/mol. The second kappa shape index (κ2) is 6.81. The number of benzene rings is 1. The minimum Gasteiger partial charge on any atom is -0.491 e. The number of nitrogens with zero attached hydrogens (tertiary/aromatic N) is 2. The quantitative estimate of drug-likeness (QED) is 0.856. The molecule has 0 atom stereocenters. The Morgan fingerprint density at radius 2 is 1.90 bits per heavy atom. The molecule has 21 heavy (non-hydrogen) atoms. The van der Waals surface area contributed by atoms with Crippen molar-refractivity contribution < 1.29 is 17.9 Å². The zero-order chi connectivity index (χ0) is 15.3. The van der Waals surface area contributed by atoms with Crippen molar-refractivity contribution in [1.82, 2.24) is 4.90 Å². The zero-order valence-electron chi connectivity index (χ0n) is 11.6. The number of likely N-dealkylation sites (tertiary alicyclic amines) is 1. The van der Waals surface area contributed by atoms with Crippen molar-refractivity contribution in [3.8, 4) is 11.8 Å². The number of hydrogen-bond donors (Lipinski definition) is 0. The maximum absolute atomic E-state index is 12.6. The fourth-order valence-electron chi connectivity index (χ4n) is 2.45. The highest BCUT2D eigenvalue weighted by Gasteiger charge is 2.40. The van der Waals surface area contributed by atoms with Crippen molar-refractivity contribution in [3.05, 3.63) is 29.8 Å². The van der Waals surface area contributed by atoms with Gasteiger partial charge in [0.1, 0.15) is 18.4 Å². The Morgan fingerprint density at radius 1 is 1.24 bits per heavy atom. The summed E-state index contributed by atoms with van der Waals surface area (Å²) in [5.41, 5.74) is 0.466. The molecular formula is C15H17F3N2O. The van der Waals surface area contributed by atoms with Crippen LogP contribution in [0.25, 0.3) is 0 Å². The molecule has 1 fully saturated rings. The second-order valence-electron chi connectivity index (χ2n) is 5.11. The molecule has 0 N–H and O–H groups in total. The molecule has 1 aliphatic heterocycles. The zero-order valence-corrected chi connectivity index (χ0v) is 11.6. The topological polar surface area (TPSA) is 36.3 Å². The molecule has 0 aliphatic carbocycles. The molecule has 0 radical (unpaired) electrons. The van der Waals surface area contributed by atoms with Gasteiger partial charge < -0.3 is 4.74 Å². The van der Waals surface area contributed by atoms with E-state index in [0.717, 1.165) is 0 Å². The van der Waals surface area contributed by atoms with E-state index in [-0.39, 0.29) is 12.8 Å². The number of piperidine rings is 1. The van der Waals surface area contributed by atoms with Crippen LogP contribution in [0.1, 0.15) is 18.4 Å². The molecule has 0 spiro atoms.